The summed E-state index contributed by atoms with van der Waals surface area (Å²) in [6.07, 6.45) is 2.45. The van der Waals surface area contributed by atoms with Crippen molar-refractivity contribution < 1.29 is 23.2 Å². The van der Waals surface area contributed by atoms with Crippen LogP contribution < -0.4 is 4.74 Å². The van der Waals surface area contributed by atoms with Gasteiger partial charge in [0.2, 0.25) is 0 Å². The summed E-state index contributed by atoms with van der Waals surface area (Å²) in [5.41, 5.74) is 2.85. The van der Waals surface area contributed by atoms with Gasteiger partial charge in [0.05, 0.1) is 16.4 Å². The second-order valence-corrected chi connectivity index (χ2v) is 13.8. The first-order valence-electron chi connectivity index (χ1n) is 12.9. The van der Waals surface area contributed by atoms with Gasteiger partial charge >= 0.3 is 0 Å². The number of rotatable bonds is 10. The molecule has 1 heterocycles. The van der Waals surface area contributed by atoms with Gasteiger partial charge < -0.3 is 9.84 Å². The number of alkyl halides is 1. The lowest BCUT2D eigenvalue weighted by Crippen LogP contribution is -2.40. The smallest absolute Gasteiger partial charge is 0.250 e. The van der Waals surface area contributed by atoms with Crippen molar-refractivity contribution in [2.75, 3.05) is 12.4 Å². The zero-order valence-corrected chi connectivity index (χ0v) is 23.8. The van der Waals surface area contributed by atoms with E-state index in [1.54, 1.807) is 6.07 Å². The highest BCUT2D eigenvalue weighted by atomic mass is 32.2. The van der Waals surface area contributed by atoms with Crippen LogP contribution in [0, 0.1) is 0 Å². The summed E-state index contributed by atoms with van der Waals surface area (Å²) >= 11 is 0. The van der Waals surface area contributed by atoms with Crippen molar-refractivity contribution in [3.05, 3.63) is 53.1 Å². The van der Waals surface area contributed by atoms with Crippen molar-refractivity contribution in [1.29, 1.82) is 0 Å². The summed E-state index contributed by atoms with van der Waals surface area (Å²) in [6, 6.07) is 11.3. The summed E-state index contributed by atoms with van der Waals surface area (Å²) in [5.74, 6) is 0.341. The fourth-order valence-electron chi connectivity index (χ4n) is 4.55. The number of carbonyl (C=O) groups excluding carboxylic acids is 1. The van der Waals surface area contributed by atoms with Crippen LogP contribution in [0.15, 0.2) is 45.7 Å². The Bertz CT molecular complexity index is 1240. The number of benzene rings is 2. The van der Waals surface area contributed by atoms with Gasteiger partial charge in [0, 0.05) is 36.2 Å². The highest BCUT2D eigenvalue weighted by Gasteiger charge is 2.32. The van der Waals surface area contributed by atoms with Crippen molar-refractivity contribution in [2.45, 2.75) is 96.4 Å². The standard InChI is InChI=1S/C29H41FN2O4S/c1-21(33)31-37(35,16-8-7-15-30)25-11-10-23-19-32(20-24(23)18-25)29(5,6)14-13-22-9-12-26(34)27(17-22)36-28(2,3)4/h9-12,17-18,34H,7-8,13-16,19-20H2,1-6H3. The molecule has 1 N–H and O–H groups in total. The molecule has 1 amide bonds. The van der Waals surface area contributed by atoms with E-state index in [0.717, 1.165) is 30.5 Å². The van der Waals surface area contributed by atoms with Crippen molar-refractivity contribution in [3.63, 3.8) is 0 Å². The molecule has 204 valence electrons. The molecule has 0 fully saturated rings. The number of amides is 1. The number of aryl methyl sites for hydroxylation is 1. The van der Waals surface area contributed by atoms with Crippen LogP contribution in [-0.2, 0) is 34.0 Å². The third kappa shape index (κ3) is 7.77. The molecule has 0 saturated carbocycles. The maximum atomic E-state index is 13.6. The molecule has 0 spiro atoms. The van der Waals surface area contributed by atoms with E-state index in [4.69, 9.17) is 4.74 Å². The van der Waals surface area contributed by atoms with Crippen LogP contribution in [0.3, 0.4) is 0 Å². The van der Waals surface area contributed by atoms with Crippen molar-refractivity contribution >= 4 is 15.6 Å². The van der Waals surface area contributed by atoms with Crippen molar-refractivity contribution in [3.8, 4) is 11.5 Å². The molecule has 3 rings (SSSR count). The lowest BCUT2D eigenvalue weighted by molar-refractivity contribution is -0.115. The number of phenolic OH excluding ortho intramolecular Hbond substituents is 1. The molecule has 0 saturated heterocycles. The molecular weight excluding hydrogens is 491 g/mol. The van der Waals surface area contributed by atoms with E-state index in [2.05, 4.69) is 23.1 Å². The second kappa shape index (κ2) is 11.5. The van der Waals surface area contributed by atoms with Gasteiger partial charge in [0.25, 0.3) is 5.91 Å². The first kappa shape index (κ1) is 29.1. The molecule has 1 aliphatic heterocycles. The second-order valence-electron chi connectivity index (χ2n) is 11.5. The molecule has 37 heavy (non-hydrogen) atoms. The number of halogens is 1. The predicted molar refractivity (Wildman–Crippen MR) is 146 cm³/mol. The van der Waals surface area contributed by atoms with Crippen molar-refractivity contribution in [1.82, 2.24) is 4.90 Å². The SMILES string of the molecule is CC(=O)N=S(=O)(CCCCF)c1ccc2c(c1)CN(C(C)(C)CCc1ccc(O)c(OC(C)(C)C)c1)C2. The van der Waals surface area contributed by atoms with E-state index in [1.165, 1.54) is 12.5 Å². The topological polar surface area (TPSA) is 79.2 Å². The number of hydrogen-bond acceptors (Lipinski definition) is 5. The lowest BCUT2D eigenvalue weighted by Gasteiger charge is -2.35. The Hall–Kier alpha value is -2.45. The summed E-state index contributed by atoms with van der Waals surface area (Å²) in [5, 5.41) is 10.2. The van der Waals surface area contributed by atoms with Gasteiger partial charge in [-0.2, -0.15) is 4.36 Å². The zero-order valence-electron chi connectivity index (χ0n) is 23.0. The lowest BCUT2D eigenvalue weighted by atomic mass is 9.93. The molecular formula is C29H41FN2O4S. The minimum atomic E-state index is -2.92. The molecule has 2 aromatic rings. The average Bonchev–Trinajstić information content (AvgIpc) is 3.23. The van der Waals surface area contributed by atoms with Crippen LogP contribution in [0.2, 0.25) is 0 Å². The van der Waals surface area contributed by atoms with Gasteiger partial charge in [0.15, 0.2) is 11.5 Å². The average molecular weight is 533 g/mol. The summed E-state index contributed by atoms with van der Waals surface area (Å²) in [6.45, 7) is 12.6. The number of fused-ring (bicyclic) bond motifs is 1. The Labute approximate surface area is 221 Å². The Balaban J connectivity index is 1.74. The van der Waals surface area contributed by atoms with E-state index >= 15 is 0 Å². The van der Waals surface area contributed by atoms with Gasteiger partial charge in [-0.25, -0.2) is 4.21 Å². The normalized spacial score (nSPS) is 15.8. The van der Waals surface area contributed by atoms with Gasteiger partial charge in [-0.1, -0.05) is 12.1 Å². The number of hydrogen-bond donors (Lipinski definition) is 1. The first-order valence-corrected chi connectivity index (χ1v) is 14.6. The molecule has 0 aliphatic carbocycles. The van der Waals surface area contributed by atoms with E-state index in [1.807, 2.05) is 51.1 Å². The Kier molecular flexibility index (Phi) is 9.06. The predicted octanol–water partition coefficient (Wildman–Crippen LogP) is 6.42. The first-order chi connectivity index (χ1) is 17.2. The van der Waals surface area contributed by atoms with Crippen LogP contribution in [0.1, 0.15) is 77.5 Å². The van der Waals surface area contributed by atoms with Crippen LogP contribution in [0.4, 0.5) is 4.39 Å². The fourth-order valence-corrected chi connectivity index (χ4v) is 6.60. The molecule has 0 aromatic heterocycles. The van der Waals surface area contributed by atoms with Gasteiger partial charge in [-0.3, -0.25) is 14.1 Å². The Morgan fingerprint density at radius 1 is 1.08 bits per heavy atom. The van der Waals surface area contributed by atoms with E-state index in [9.17, 15) is 18.5 Å². The molecule has 0 bridgehead atoms. The minimum absolute atomic E-state index is 0.117. The third-order valence-electron chi connectivity index (χ3n) is 6.67. The maximum absolute atomic E-state index is 13.6. The van der Waals surface area contributed by atoms with Crippen LogP contribution in [0.25, 0.3) is 0 Å². The van der Waals surface area contributed by atoms with E-state index < -0.39 is 27.9 Å². The Morgan fingerprint density at radius 2 is 1.78 bits per heavy atom. The fraction of sp³-hybridized carbons (Fsp3) is 0.552. The quantitative estimate of drug-likeness (QED) is 0.357. The van der Waals surface area contributed by atoms with Gasteiger partial charge in [-0.15, -0.1) is 0 Å². The number of carbonyl (C=O) groups is 1. The number of unbranched alkanes of at least 4 members (excludes halogenated alkanes) is 1. The molecule has 1 aliphatic rings. The van der Waals surface area contributed by atoms with Crippen LogP contribution >= 0.6 is 0 Å². The highest BCUT2D eigenvalue weighted by molar-refractivity contribution is 7.94. The summed E-state index contributed by atoms with van der Waals surface area (Å²) in [4.78, 5) is 14.7. The highest BCUT2D eigenvalue weighted by Crippen LogP contribution is 2.35. The molecule has 8 heteroatoms. The van der Waals surface area contributed by atoms with Crippen LogP contribution in [-0.4, -0.2) is 43.7 Å². The number of phenols is 1. The van der Waals surface area contributed by atoms with Crippen molar-refractivity contribution in [2.24, 2.45) is 4.36 Å². The largest absolute Gasteiger partial charge is 0.504 e. The van der Waals surface area contributed by atoms with Crippen LogP contribution in [0.5, 0.6) is 11.5 Å². The number of nitrogens with zero attached hydrogens (tertiary/aromatic N) is 2. The molecule has 0 radical (unpaired) electrons. The Morgan fingerprint density at radius 3 is 2.43 bits per heavy atom. The maximum Gasteiger partial charge on any atom is 0.250 e. The molecule has 1 unspecified atom stereocenters. The monoisotopic (exact) mass is 532 g/mol. The summed E-state index contributed by atoms with van der Waals surface area (Å²) < 4.78 is 36.1. The van der Waals surface area contributed by atoms with E-state index in [-0.39, 0.29) is 17.0 Å². The molecule has 2 aromatic carbocycles. The number of ether oxygens (including phenoxy) is 1. The minimum Gasteiger partial charge on any atom is -0.504 e. The zero-order chi connectivity index (χ0) is 27.4. The molecule has 1 atom stereocenters. The third-order valence-corrected chi connectivity index (χ3v) is 9.06. The van der Waals surface area contributed by atoms with E-state index in [0.29, 0.717) is 30.0 Å². The van der Waals surface area contributed by atoms with Gasteiger partial charge in [-0.05, 0) is 101 Å². The number of aromatic hydroxyl groups is 1. The van der Waals surface area contributed by atoms with Gasteiger partial charge in [0.1, 0.15) is 5.60 Å². The molecule has 6 nitrogen and oxygen atoms in total. The summed E-state index contributed by atoms with van der Waals surface area (Å²) in [7, 11) is -2.92.